The van der Waals surface area contributed by atoms with Crippen LogP contribution in [0.25, 0.3) is 0 Å². The molecule has 0 saturated carbocycles. The van der Waals surface area contributed by atoms with Gasteiger partial charge in [0.2, 0.25) is 0 Å². The van der Waals surface area contributed by atoms with Gasteiger partial charge in [-0.3, -0.25) is 4.79 Å². The van der Waals surface area contributed by atoms with Gasteiger partial charge in [-0.25, -0.2) is 4.98 Å². The Balaban J connectivity index is 1.95. The van der Waals surface area contributed by atoms with Crippen molar-refractivity contribution >= 4 is 17.2 Å². The number of aromatic nitrogens is 1. The Morgan fingerprint density at radius 3 is 2.94 bits per heavy atom. The number of rotatable bonds is 4. The van der Waals surface area contributed by atoms with Gasteiger partial charge in [0, 0.05) is 19.1 Å². The van der Waals surface area contributed by atoms with Crippen LogP contribution in [0.2, 0.25) is 0 Å². The molecule has 0 bridgehead atoms. The summed E-state index contributed by atoms with van der Waals surface area (Å²) in [4.78, 5) is 17.2. The van der Waals surface area contributed by atoms with Gasteiger partial charge in [-0.1, -0.05) is 13.8 Å². The van der Waals surface area contributed by atoms with Gasteiger partial charge in [0.15, 0.2) is 0 Å². The molecule has 1 saturated heterocycles. The van der Waals surface area contributed by atoms with Crippen molar-refractivity contribution in [3.63, 3.8) is 0 Å². The summed E-state index contributed by atoms with van der Waals surface area (Å²) in [7, 11) is 0. The van der Waals surface area contributed by atoms with Crippen molar-refractivity contribution in [1.82, 2.24) is 10.3 Å². The minimum Gasteiger partial charge on any atom is -0.376 e. The molecule has 5 heteroatoms. The molecule has 0 spiro atoms. The van der Waals surface area contributed by atoms with Gasteiger partial charge in [0.1, 0.15) is 4.88 Å². The van der Waals surface area contributed by atoms with E-state index in [0.29, 0.717) is 12.5 Å². The fourth-order valence-electron chi connectivity index (χ4n) is 1.97. The molecule has 1 N–H and O–H groups in total. The van der Waals surface area contributed by atoms with E-state index in [4.69, 9.17) is 4.74 Å². The molecule has 2 rings (SSSR count). The molecule has 1 aliphatic rings. The van der Waals surface area contributed by atoms with Crippen LogP contribution in [0.4, 0.5) is 0 Å². The van der Waals surface area contributed by atoms with Crippen LogP contribution < -0.4 is 5.32 Å². The van der Waals surface area contributed by atoms with Crippen molar-refractivity contribution in [2.45, 2.75) is 45.6 Å². The number of nitrogens with zero attached hydrogens (tertiary/aromatic N) is 1. The second-order valence-corrected chi connectivity index (χ2v) is 6.00. The van der Waals surface area contributed by atoms with Crippen LogP contribution >= 0.6 is 11.3 Å². The molecule has 1 unspecified atom stereocenters. The number of carbonyl (C=O) groups excluding carboxylic acids is 1. The first kappa shape index (κ1) is 13.5. The highest BCUT2D eigenvalue weighted by Crippen LogP contribution is 2.24. The van der Waals surface area contributed by atoms with E-state index in [-0.39, 0.29) is 12.0 Å². The third-order valence-corrected chi connectivity index (χ3v) is 4.48. The predicted octanol–water partition coefficient (Wildman–Crippen LogP) is 2.48. The summed E-state index contributed by atoms with van der Waals surface area (Å²) in [5.74, 6) is 0.348. The lowest BCUT2D eigenvalue weighted by atomic mass is 10.2. The number of aryl methyl sites for hydroxylation is 1. The monoisotopic (exact) mass is 268 g/mol. The fourth-order valence-corrected chi connectivity index (χ4v) is 2.95. The lowest BCUT2D eigenvalue weighted by Crippen LogP contribution is -2.31. The van der Waals surface area contributed by atoms with E-state index in [9.17, 15) is 4.79 Å². The fraction of sp³-hybridized carbons (Fsp3) is 0.692. The van der Waals surface area contributed by atoms with E-state index in [1.165, 1.54) is 11.3 Å². The molecular weight excluding hydrogens is 248 g/mol. The summed E-state index contributed by atoms with van der Waals surface area (Å²) < 4.78 is 5.49. The lowest BCUT2D eigenvalue weighted by molar-refractivity contribution is 0.0860. The van der Waals surface area contributed by atoms with Crippen molar-refractivity contribution in [3.8, 4) is 0 Å². The van der Waals surface area contributed by atoms with E-state index < -0.39 is 0 Å². The number of amides is 1. The highest BCUT2D eigenvalue weighted by Gasteiger charge is 2.20. The van der Waals surface area contributed by atoms with Crippen molar-refractivity contribution in [2.75, 3.05) is 13.2 Å². The number of carbonyl (C=O) groups is 1. The van der Waals surface area contributed by atoms with Crippen LogP contribution in [0.3, 0.4) is 0 Å². The SMILES string of the molecule is Cc1nc(C(C)C)sc1C(=O)NCC1CCCO1. The van der Waals surface area contributed by atoms with Gasteiger partial charge in [0.05, 0.1) is 16.8 Å². The zero-order chi connectivity index (χ0) is 13.1. The molecule has 2 heterocycles. The Morgan fingerprint density at radius 2 is 2.39 bits per heavy atom. The summed E-state index contributed by atoms with van der Waals surface area (Å²) in [6.07, 6.45) is 2.32. The van der Waals surface area contributed by atoms with Gasteiger partial charge in [0.25, 0.3) is 5.91 Å². The highest BCUT2D eigenvalue weighted by molar-refractivity contribution is 7.13. The Morgan fingerprint density at radius 1 is 1.61 bits per heavy atom. The van der Waals surface area contributed by atoms with Crippen LogP contribution in [0.1, 0.15) is 53.0 Å². The molecular formula is C13H20N2O2S. The van der Waals surface area contributed by atoms with Crippen molar-refractivity contribution in [3.05, 3.63) is 15.6 Å². The standard InChI is InChI=1S/C13H20N2O2S/c1-8(2)13-15-9(3)11(18-13)12(16)14-7-10-5-4-6-17-10/h8,10H,4-7H2,1-3H3,(H,14,16). The Hall–Kier alpha value is -0.940. The van der Waals surface area contributed by atoms with Gasteiger partial charge >= 0.3 is 0 Å². The summed E-state index contributed by atoms with van der Waals surface area (Å²) in [6.45, 7) is 7.49. The molecule has 100 valence electrons. The van der Waals surface area contributed by atoms with E-state index in [2.05, 4.69) is 24.1 Å². The summed E-state index contributed by atoms with van der Waals surface area (Å²) in [5.41, 5.74) is 0.827. The minimum absolute atomic E-state index is 0.0209. The van der Waals surface area contributed by atoms with E-state index in [1.807, 2.05) is 6.92 Å². The molecule has 0 aliphatic carbocycles. The Labute approximate surface area is 112 Å². The topological polar surface area (TPSA) is 51.2 Å². The molecule has 1 fully saturated rings. The predicted molar refractivity (Wildman–Crippen MR) is 72.2 cm³/mol. The average molecular weight is 268 g/mol. The van der Waals surface area contributed by atoms with Gasteiger partial charge in [-0.15, -0.1) is 11.3 Å². The number of nitrogens with one attached hydrogen (secondary N) is 1. The van der Waals surface area contributed by atoms with E-state index in [0.717, 1.165) is 35.0 Å². The average Bonchev–Trinajstić information content (AvgIpc) is 2.94. The first-order valence-corrected chi connectivity index (χ1v) is 7.26. The number of hydrogen-bond donors (Lipinski definition) is 1. The zero-order valence-electron chi connectivity index (χ0n) is 11.2. The third kappa shape index (κ3) is 3.09. The summed E-state index contributed by atoms with van der Waals surface area (Å²) in [6, 6.07) is 0. The minimum atomic E-state index is -0.0209. The third-order valence-electron chi connectivity index (χ3n) is 3.03. The van der Waals surface area contributed by atoms with Gasteiger partial charge < -0.3 is 10.1 Å². The Bertz CT molecular complexity index is 423. The molecule has 4 nitrogen and oxygen atoms in total. The molecule has 1 amide bonds. The number of ether oxygens (including phenoxy) is 1. The first-order valence-electron chi connectivity index (χ1n) is 6.45. The molecule has 1 atom stereocenters. The van der Waals surface area contributed by atoms with E-state index in [1.54, 1.807) is 0 Å². The second kappa shape index (κ2) is 5.80. The molecule has 1 aromatic heterocycles. The molecule has 0 aromatic carbocycles. The number of thiazole rings is 1. The molecule has 18 heavy (non-hydrogen) atoms. The van der Waals surface area contributed by atoms with E-state index >= 15 is 0 Å². The maximum Gasteiger partial charge on any atom is 0.263 e. The molecule has 1 aliphatic heterocycles. The zero-order valence-corrected chi connectivity index (χ0v) is 12.0. The Kier molecular flexibility index (Phi) is 4.35. The van der Waals surface area contributed by atoms with Gasteiger partial charge in [-0.2, -0.15) is 0 Å². The number of hydrogen-bond acceptors (Lipinski definition) is 4. The van der Waals surface area contributed by atoms with Crippen molar-refractivity contribution in [2.24, 2.45) is 0 Å². The van der Waals surface area contributed by atoms with Gasteiger partial charge in [-0.05, 0) is 19.8 Å². The van der Waals surface area contributed by atoms with Crippen LogP contribution in [0.15, 0.2) is 0 Å². The van der Waals surface area contributed by atoms with Crippen molar-refractivity contribution < 1.29 is 9.53 Å². The first-order chi connectivity index (χ1) is 8.58. The maximum atomic E-state index is 12.1. The molecule has 1 aromatic rings. The van der Waals surface area contributed by atoms with Crippen LogP contribution in [-0.2, 0) is 4.74 Å². The van der Waals surface area contributed by atoms with Crippen LogP contribution in [-0.4, -0.2) is 30.1 Å². The summed E-state index contributed by atoms with van der Waals surface area (Å²) in [5, 5.41) is 3.96. The largest absolute Gasteiger partial charge is 0.376 e. The smallest absolute Gasteiger partial charge is 0.263 e. The molecule has 0 radical (unpaired) electrons. The van der Waals surface area contributed by atoms with Crippen molar-refractivity contribution in [1.29, 1.82) is 0 Å². The highest BCUT2D eigenvalue weighted by atomic mass is 32.1. The summed E-state index contributed by atoms with van der Waals surface area (Å²) >= 11 is 1.49. The normalized spacial score (nSPS) is 19.4. The van der Waals surface area contributed by atoms with Crippen LogP contribution in [0.5, 0.6) is 0 Å². The lowest BCUT2D eigenvalue weighted by Gasteiger charge is -2.09. The quantitative estimate of drug-likeness (QED) is 0.912. The maximum absolute atomic E-state index is 12.1. The van der Waals surface area contributed by atoms with Crippen LogP contribution in [0, 0.1) is 6.92 Å². The second-order valence-electron chi connectivity index (χ2n) is 4.97.